The molecule has 0 aliphatic heterocycles. The largest absolute Gasteiger partial charge is 0.460 e. The normalized spacial score (nSPS) is 16.6. The molecule has 3 rings (SSSR count). The molecule has 1 aromatic carbocycles. The lowest BCUT2D eigenvalue weighted by Gasteiger charge is -2.27. The lowest BCUT2D eigenvalue weighted by molar-refractivity contribution is -0.160. The van der Waals surface area contributed by atoms with E-state index in [-0.39, 0.29) is 36.0 Å². The van der Waals surface area contributed by atoms with Gasteiger partial charge in [0.05, 0.1) is 23.2 Å². The molecule has 0 radical (unpaired) electrons. The van der Waals surface area contributed by atoms with E-state index in [1.165, 1.54) is 28.9 Å². The molecule has 1 amide bonds. The Morgan fingerprint density at radius 2 is 1.83 bits per heavy atom. The average Bonchev–Trinajstić information content (AvgIpc) is 3.46. The van der Waals surface area contributed by atoms with Gasteiger partial charge in [0.2, 0.25) is 0 Å². The molecule has 1 aromatic heterocycles. The Labute approximate surface area is 209 Å². The molecule has 1 heterocycles. The second-order valence-electron chi connectivity index (χ2n) is 10.3. The van der Waals surface area contributed by atoms with E-state index in [0.717, 1.165) is 31.7 Å². The van der Waals surface area contributed by atoms with Crippen molar-refractivity contribution in [2.24, 2.45) is 5.92 Å². The molecule has 2 N–H and O–H groups in total. The maximum Gasteiger partial charge on any atom is 0.417 e. The molecule has 10 heteroatoms. The van der Waals surface area contributed by atoms with E-state index in [9.17, 15) is 27.9 Å². The quantitative estimate of drug-likeness (QED) is 0.481. The first kappa shape index (κ1) is 27.7. The Balaban J connectivity index is 1.95. The number of aromatic nitrogens is 2. The van der Waals surface area contributed by atoms with Crippen LogP contribution in [0, 0.1) is 5.92 Å². The number of benzene rings is 1. The number of aliphatic hydroxyl groups is 1. The lowest BCUT2D eigenvalue weighted by Crippen LogP contribution is -2.44. The van der Waals surface area contributed by atoms with Gasteiger partial charge in [0.1, 0.15) is 5.60 Å². The van der Waals surface area contributed by atoms with Crippen molar-refractivity contribution in [3.05, 3.63) is 41.6 Å². The molecular weight excluding hydrogens is 475 g/mol. The number of nitrogens with zero attached hydrogens (tertiary/aromatic N) is 2. The molecule has 0 spiro atoms. The fraction of sp³-hybridized carbons (Fsp3) is 0.577. The van der Waals surface area contributed by atoms with Gasteiger partial charge in [-0.1, -0.05) is 31.0 Å². The van der Waals surface area contributed by atoms with Crippen LogP contribution in [0.15, 0.2) is 30.3 Å². The van der Waals surface area contributed by atoms with E-state index in [1.54, 1.807) is 27.7 Å². The van der Waals surface area contributed by atoms with Gasteiger partial charge >= 0.3 is 12.1 Å². The number of nitrogens with one attached hydrogen (secondary N) is 1. The summed E-state index contributed by atoms with van der Waals surface area (Å²) in [6.45, 7) is 6.50. The number of alkyl halides is 3. The van der Waals surface area contributed by atoms with Gasteiger partial charge in [-0.05, 0) is 59.1 Å². The van der Waals surface area contributed by atoms with Crippen LogP contribution < -0.4 is 5.32 Å². The standard InChI is InChI=1S/C26H34F3N3O4/c1-16(24(35)36-25(2,3)4)20(13-14-33)30-23(34)21-15-22(32(31-21)17-9-5-6-10-17)18-11-7-8-12-19(18)26(27,28)29/h7-8,11-12,15-17,20,33H,5-6,9-10,13-14H2,1-4H3,(H,30,34)/t16?,20-/m0/s1. The summed E-state index contributed by atoms with van der Waals surface area (Å²) in [5, 5.41) is 16.7. The fourth-order valence-electron chi connectivity index (χ4n) is 4.47. The molecule has 7 nitrogen and oxygen atoms in total. The zero-order chi connectivity index (χ0) is 26.7. The van der Waals surface area contributed by atoms with Gasteiger partial charge < -0.3 is 15.2 Å². The molecule has 36 heavy (non-hydrogen) atoms. The van der Waals surface area contributed by atoms with E-state index in [2.05, 4.69) is 10.4 Å². The molecule has 2 atom stereocenters. The van der Waals surface area contributed by atoms with E-state index in [4.69, 9.17) is 4.74 Å². The van der Waals surface area contributed by atoms with Crippen LogP contribution in [0.3, 0.4) is 0 Å². The fourth-order valence-corrected chi connectivity index (χ4v) is 4.47. The van der Waals surface area contributed by atoms with Gasteiger partial charge in [0.15, 0.2) is 5.69 Å². The molecule has 2 aromatic rings. The second-order valence-corrected chi connectivity index (χ2v) is 10.3. The minimum Gasteiger partial charge on any atom is -0.460 e. The second kappa shape index (κ2) is 11.0. The predicted molar refractivity (Wildman–Crippen MR) is 128 cm³/mol. The smallest absolute Gasteiger partial charge is 0.417 e. The summed E-state index contributed by atoms with van der Waals surface area (Å²) in [7, 11) is 0. The molecule has 0 saturated heterocycles. The summed E-state index contributed by atoms with van der Waals surface area (Å²) in [5.41, 5.74) is -1.39. The van der Waals surface area contributed by atoms with Gasteiger partial charge in [-0.25, -0.2) is 0 Å². The van der Waals surface area contributed by atoms with Crippen molar-refractivity contribution in [2.75, 3.05) is 6.61 Å². The number of carbonyl (C=O) groups excluding carboxylic acids is 2. The molecular formula is C26H34F3N3O4. The number of rotatable bonds is 8. The van der Waals surface area contributed by atoms with E-state index >= 15 is 0 Å². The van der Waals surface area contributed by atoms with Gasteiger partial charge in [0.25, 0.3) is 5.91 Å². The molecule has 1 saturated carbocycles. The maximum absolute atomic E-state index is 13.8. The van der Waals surface area contributed by atoms with Crippen LogP contribution in [0.5, 0.6) is 0 Å². The molecule has 1 aliphatic carbocycles. The predicted octanol–water partition coefficient (Wildman–Crippen LogP) is 5.14. The van der Waals surface area contributed by atoms with E-state index in [1.807, 2.05) is 0 Å². The van der Waals surface area contributed by atoms with Crippen molar-refractivity contribution >= 4 is 11.9 Å². The Kier molecular flexibility index (Phi) is 8.48. The van der Waals surface area contributed by atoms with Gasteiger partial charge in [-0.2, -0.15) is 18.3 Å². The van der Waals surface area contributed by atoms with Gasteiger partial charge in [-0.3, -0.25) is 14.3 Å². The first-order valence-corrected chi connectivity index (χ1v) is 12.2. The maximum atomic E-state index is 13.8. The number of carbonyl (C=O) groups is 2. The number of halogens is 3. The van der Waals surface area contributed by atoms with Crippen molar-refractivity contribution in [1.82, 2.24) is 15.1 Å². The van der Waals surface area contributed by atoms with Crippen molar-refractivity contribution in [2.45, 2.75) is 83.7 Å². The number of esters is 1. The topological polar surface area (TPSA) is 93.5 Å². The third kappa shape index (κ3) is 6.66. The highest BCUT2D eigenvalue weighted by Gasteiger charge is 2.36. The van der Waals surface area contributed by atoms with Gasteiger partial charge in [0, 0.05) is 18.2 Å². The summed E-state index contributed by atoms with van der Waals surface area (Å²) < 4.78 is 48.3. The van der Waals surface area contributed by atoms with Crippen molar-refractivity contribution in [3.8, 4) is 11.3 Å². The minimum absolute atomic E-state index is 0.0440. The molecule has 198 valence electrons. The third-order valence-electron chi connectivity index (χ3n) is 6.29. The van der Waals surface area contributed by atoms with Crippen molar-refractivity contribution < 1.29 is 32.6 Å². The van der Waals surface area contributed by atoms with E-state index < -0.39 is 41.2 Å². The van der Waals surface area contributed by atoms with Crippen LogP contribution in [0.4, 0.5) is 13.2 Å². The highest BCUT2D eigenvalue weighted by Crippen LogP contribution is 2.40. The highest BCUT2D eigenvalue weighted by atomic mass is 19.4. The monoisotopic (exact) mass is 509 g/mol. The summed E-state index contributed by atoms with van der Waals surface area (Å²) in [5.74, 6) is -1.92. The Bertz CT molecular complexity index is 1070. The number of aliphatic hydroxyl groups excluding tert-OH is 1. The van der Waals surface area contributed by atoms with Crippen LogP contribution in [0.25, 0.3) is 11.3 Å². The zero-order valence-corrected chi connectivity index (χ0v) is 21.1. The van der Waals surface area contributed by atoms with Crippen molar-refractivity contribution in [1.29, 1.82) is 0 Å². The molecule has 1 fully saturated rings. The summed E-state index contributed by atoms with van der Waals surface area (Å²) >= 11 is 0. The summed E-state index contributed by atoms with van der Waals surface area (Å²) in [4.78, 5) is 25.8. The zero-order valence-electron chi connectivity index (χ0n) is 21.1. The van der Waals surface area contributed by atoms with Crippen molar-refractivity contribution in [3.63, 3.8) is 0 Å². The van der Waals surface area contributed by atoms with Crippen LogP contribution in [-0.4, -0.2) is 45.0 Å². The minimum atomic E-state index is -4.57. The SMILES string of the molecule is CC(C(=O)OC(C)(C)C)[C@H](CCO)NC(=O)c1cc(-c2ccccc2C(F)(F)F)n(C2CCCC2)n1. The first-order chi connectivity index (χ1) is 16.8. The Morgan fingerprint density at radius 3 is 2.42 bits per heavy atom. The number of hydrogen-bond acceptors (Lipinski definition) is 5. The van der Waals surface area contributed by atoms with Crippen LogP contribution in [0.2, 0.25) is 0 Å². The van der Waals surface area contributed by atoms with Gasteiger partial charge in [-0.15, -0.1) is 0 Å². The van der Waals surface area contributed by atoms with Crippen LogP contribution in [-0.2, 0) is 15.7 Å². The molecule has 0 bridgehead atoms. The Hall–Kier alpha value is -2.88. The summed E-state index contributed by atoms with van der Waals surface area (Å²) in [6, 6.07) is 5.75. The Morgan fingerprint density at radius 1 is 1.19 bits per heavy atom. The average molecular weight is 510 g/mol. The first-order valence-electron chi connectivity index (χ1n) is 12.2. The molecule has 1 aliphatic rings. The number of ether oxygens (including phenoxy) is 1. The number of hydrogen-bond donors (Lipinski definition) is 2. The van der Waals surface area contributed by atoms with Crippen LogP contribution >= 0.6 is 0 Å². The van der Waals surface area contributed by atoms with E-state index in [0.29, 0.717) is 0 Å². The van der Waals surface area contributed by atoms with Crippen LogP contribution in [0.1, 0.15) is 81.9 Å². The number of amides is 1. The summed E-state index contributed by atoms with van der Waals surface area (Å²) in [6.07, 6.45) is -1.10. The molecule has 1 unspecified atom stereocenters. The third-order valence-corrected chi connectivity index (χ3v) is 6.29. The highest BCUT2D eigenvalue weighted by molar-refractivity contribution is 5.94. The lowest BCUT2D eigenvalue weighted by atomic mass is 9.98.